The van der Waals surface area contributed by atoms with Gasteiger partial charge in [0.05, 0.1) is 29.2 Å². The monoisotopic (exact) mass is 493 g/mol. The third-order valence-corrected chi connectivity index (χ3v) is 6.85. The first kappa shape index (κ1) is 23.7. The van der Waals surface area contributed by atoms with Crippen LogP contribution in [-0.2, 0) is 6.42 Å². The quantitative estimate of drug-likeness (QED) is 0.402. The number of hydrogen-bond donors (Lipinski definition) is 4. The van der Waals surface area contributed by atoms with Crippen molar-refractivity contribution in [2.24, 2.45) is 0 Å². The second-order valence-electron chi connectivity index (χ2n) is 9.08. The molecule has 10 heteroatoms. The van der Waals surface area contributed by atoms with Gasteiger partial charge in [-0.3, -0.25) is 9.78 Å². The number of carboxylic acid groups (broad SMARTS) is 1. The minimum Gasteiger partial charge on any atom is -0.489 e. The molecule has 2 amide bonds. The summed E-state index contributed by atoms with van der Waals surface area (Å²) in [6.07, 6.45) is 5.39. The number of carbonyl (C=O) groups is 2. The molecule has 0 saturated carbocycles. The van der Waals surface area contributed by atoms with Gasteiger partial charge in [-0.15, -0.1) is 0 Å². The van der Waals surface area contributed by atoms with Gasteiger partial charge in [-0.2, -0.15) is 0 Å². The molecule has 1 atom stereocenters. The maximum Gasteiger partial charge on any atom is 0.407 e. The van der Waals surface area contributed by atoms with E-state index in [-0.39, 0.29) is 24.4 Å². The van der Waals surface area contributed by atoms with Crippen LogP contribution >= 0.6 is 0 Å². The highest BCUT2D eigenvalue weighted by atomic mass is 19.1. The van der Waals surface area contributed by atoms with E-state index in [2.05, 4.69) is 20.6 Å². The van der Waals surface area contributed by atoms with Gasteiger partial charge in [0.2, 0.25) is 0 Å². The van der Waals surface area contributed by atoms with Crippen LogP contribution < -0.4 is 15.4 Å². The number of carbonyl (C=O) groups excluding carboxylic acids is 1. The highest BCUT2D eigenvalue weighted by molar-refractivity contribution is 6.06. The molecular weight excluding hydrogens is 465 g/mol. The van der Waals surface area contributed by atoms with Crippen LogP contribution in [0, 0.1) is 12.7 Å². The fraction of sp³-hybridized carbons (Fsp3) is 0.346. The summed E-state index contributed by atoms with van der Waals surface area (Å²) in [5.41, 5.74) is 4.05. The number of likely N-dealkylation sites (tertiary alicyclic amines) is 1. The molecule has 2 aromatic heterocycles. The Kier molecular flexibility index (Phi) is 6.49. The number of aromatic nitrogens is 2. The average molecular weight is 494 g/mol. The van der Waals surface area contributed by atoms with Crippen LogP contribution in [0.15, 0.2) is 36.7 Å². The van der Waals surface area contributed by atoms with Gasteiger partial charge in [0.25, 0.3) is 5.91 Å². The summed E-state index contributed by atoms with van der Waals surface area (Å²) in [6.45, 7) is 2.87. The van der Waals surface area contributed by atoms with Gasteiger partial charge in [-0.1, -0.05) is 6.07 Å². The Hall–Kier alpha value is -4.08. The molecule has 1 aromatic carbocycles. The van der Waals surface area contributed by atoms with Crippen LogP contribution in [0.2, 0.25) is 0 Å². The molecule has 0 bridgehead atoms. The lowest BCUT2D eigenvalue weighted by Crippen LogP contribution is -2.46. The molecule has 1 fully saturated rings. The van der Waals surface area contributed by atoms with Crippen molar-refractivity contribution in [3.8, 4) is 17.0 Å². The molecule has 36 heavy (non-hydrogen) atoms. The van der Waals surface area contributed by atoms with E-state index in [1.54, 1.807) is 37.5 Å². The summed E-state index contributed by atoms with van der Waals surface area (Å²) in [7, 11) is 0. The van der Waals surface area contributed by atoms with Gasteiger partial charge < -0.3 is 30.4 Å². The number of piperidine rings is 1. The molecule has 3 aromatic rings. The molecule has 0 aliphatic carbocycles. The van der Waals surface area contributed by atoms with E-state index >= 15 is 0 Å². The molecular formula is C26H28FN5O4. The number of halogens is 1. The predicted octanol–water partition coefficient (Wildman–Crippen LogP) is 4.47. The van der Waals surface area contributed by atoms with Crippen molar-refractivity contribution in [2.75, 3.05) is 25.0 Å². The molecule has 9 nitrogen and oxygen atoms in total. The number of hydrogen-bond acceptors (Lipinski definition) is 5. The van der Waals surface area contributed by atoms with Crippen LogP contribution in [-0.4, -0.2) is 57.7 Å². The summed E-state index contributed by atoms with van der Waals surface area (Å²) in [4.78, 5) is 33.5. The molecule has 4 heterocycles. The van der Waals surface area contributed by atoms with Crippen molar-refractivity contribution in [1.29, 1.82) is 0 Å². The van der Waals surface area contributed by atoms with E-state index < -0.39 is 6.09 Å². The Morgan fingerprint density at radius 2 is 2.19 bits per heavy atom. The van der Waals surface area contributed by atoms with Crippen LogP contribution in [0.4, 0.5) is 20.6 Å². The number of nitrogens with zero attached hydrogens (tertiary/aromatic N) is 2. The number of fused-ring (bicyclic) bond motifs is 1. The van der Waals surface area contributed by atoms with Crippen LogP contribution in [0.3, 0.4) is 0 Å². The van der Waals surface area contributed by atoms with Crippen molar-refractivity contribution < 1.29 is 23.8 Å². The number of rotatable bonds is 6. The lowest BCUT2D eigenvalue weighted by molar-refractivity contribution is 0.0837. The number of anilines is 2. The number of pyridine rings is 1. The molecule has 0 spiro atoms. The number of nitrogens with one attached hydrogen (secondary N) is 3. The molecule has 0 unspecified atom stereocenters. The summed E-state index contributed by atoms with van der Waals surface area (Å²) < 4.78 is 20.4. The average Bonchev–Trinajstić information content (AvgIpc) is 3.25. The molecule has 2 aliphatic rings. The molecule has 188 valence electrons. The summed E-state index contributed by atoms with van der Waals surface area (Å²) in [6, 6.07) is 6.30. The number of ether oxygens (including phenoxy) is 1. The van der Waals surface area contributed by atoms with E-state index in [9.17, 15) is 19.1 Å². The van der Waals surface area contributed by atoms with E-state index in [0.29, 0.717) is 59.0 Å². The minimum atomic E-state index is -0.949. The van der Waals surface area contributed by atoms with E-state index in [1.807, 2.05) is 0 Å². The number of benzene rings is 1. The SMILES string of the molecule is Cc1c(F)cccc1Nc1c(-c2ccncc2OC[C@@H]2CCCCN2C(=O)O)[nH]c2c1C(=O)NCC2. The van der Waals surface area contributed by atoms with Crippen LogP contribution in [0.1, 0.15) is 40.9 Å². The van der Waals surface area contributed by atoms with Crippen LogP contribution in [0.25, 0.3) is 11.3 Å². The van der Waals surface area contributed by atoms with E-state index in [1.165, 1.54) is 11.0 Å². The largest absolute Gasteiger partial charge is 0.489 e. The highest BCUT2D eigenvalue weighted by Gasteiger charge is 2.30. The zero-order chi connectivity index (χ0) is 25.2. The Morgan fingerprint density at radius 1 is 1.33 bits per heavy atom. The first-order valence-electron chi connectivity index (χ1n) is 12.1. The van der Waals surface area contributed by atoms with Crippen LogP contribution in [0.5, 0.6) is 5.75 Å². The normalized spacial score (nSPS) is 17.3. The number of aromatic amines is 1. The smallest absolute Gasteiger partial charge is 0.407 e. The van der Waals surface area contributed by atoms with E-state index in [4.69, 9.17) is 4.74 Å². The number of amides is 2. The third-order valence-electron chi connectivity index (χ3n) is 6.85. The molecule has 5 rings (SSSR count). The zero-order valence-electron chi connectivity index (χ0n) is 19.9. The van der Waals surface area contributed by atoms with Gasteiger partial charge >= 0.3 is 6.09 Å². The molecule has 1 saturated heterocycles. The summed E-state index contributed by atoms with van der Waals surface area (Å²) >= 11 is 0. The van der Waals surface area contributed by atoms with Crippen molar-refractivity contribution in [3.63, 3.8) is 0 Å². The second-order valence-corrected chi connectivity index (χ2v) is 9.08. The van der Waals surface area contributed by atoms with Gasteiger partial charge in [0.1, 0.15) is 18.2 Å². The third kappa shape index (κ3) is 4.46. The first-order chi connectivity index (χ1) is 17.4. The standard InChI is InChI=1S/C26H28FN5O4/c1-15-18(27)6-4-7-19(15)30-24-22-20(9-11-29-25(22)33)31-23(24)17-8-10-28-13-21(17)36-14-16-5-2-3-12-32(16)26(34)35/h4,6-8,10,13,16,30-31H,2-3,5,9,11-12,14H2,1H3,(H,29,33)(H,34,35)/t16-/m0/s1. The second kappa shape index (κ2) is 9.88. The Balaban J connectivity index is 1.52. The molecule has 0 radical (unpaired) electrons. The van der Waals surface area contributed by atoms with E-state index in [0.717, 1.165) is 25.0 Å². The van der Waals surface area contributed by atoms with Gasteiger partial charge in [0.15, 0.2) is 0 Å². The minimum absolute atomic E-state index is 0.192. The predicted molar refractivity (Wildman–Crippen MR) is 132 cm³/mol. The molecule has 2 aliphatic heterocycles. The Morgan fingerprint density at radius 3 is 3.03 bits per heavy atom. The maximum atomic E-state index is 14.3. The summed E-state index contributed by atoms with van der Waals surface area (Å²) in [5.74, 6) is -0.101. The Bertz CT molecular complexity index is 1310. The molecule has 4 N–H and O–H groups in total. The van der Waals surface area contributed by atoms with Crippen molar-refractivity contribution in [1.82, 2.24) is 20.2 Å². The van der Waals surface area contributed by atoms with Crippen molar-refractivity contribution >= 4 is 23.4 Å². The van der Waals surface area contributed by atoms with Gasteiger partial charge in [-0.05, 0) is 44.4 Å². The maximum absolute atomic E-state index is 14.3. The topological polar surface area (TPSA) is 120 Å². The highest BCUT2D eigenvalue weighted by Crippen LogP contribution is 2.41. The first-order valence-corrected chi connectivity index (χ1v) is 12.1. The number of H-pyrrole nitrogens is 1. The Labute approximate surface area is 207 Å². The fourth-order valence-corrected chi connectivity index (χ4v) is 4.90. The fourth-order valence-electron chi connectivity index (χ4n) is 4.90. The lowest BCUT2D eigenvalue weighted by Gasteiger charge is -2.33. The van der Waals surface area contributed by atoms with Gasteiger partial charge in [-0.25, -0.2) is 9.18 Å². The zero-order valence-corrected chi connectivity index (χ0v) is 19.9. The van der Waals surface area contributed by atoms with Crippen molar-refractivity contribution in [3.05, 3.63) is 59.3 Å². The lowest BCUT2D eigenvalue weighted by atomic mass is 10.0. The summed E-state index contributed by atoms with van der Waals surface area (Å²) in [5, 5.41) is 15.7. The van der Waals surface area contributed by atoms with Crippen molar-refractivity contribution in [2.45, 2.75) is 38.6 Å². The van der Waals surface area contributed by atoms with Gasteiger partial charge in [0, 0.05) is 48.2 Å².